The Morgan fingerprint density at radius 1 is 1.27 bits per heavy atom. The lowest BCUT2D eigenvalue weighted by Gasteiger charge is -2.07. The average Bonchev–Trinajstić information content (AvgIpc) is 3.03. The second kappa shape index (κ2) is 7.69. The molecule has 0 radical (unpaired) electrons. The highest BCUT2D eigenvalue weighted by atomic mass is 32.2. The van der Waals surface area contributed by atoms with Crippen molar-refractivity contribution in [2.75, 3.05) is 12.0 Å². The number of nitrogens with zero attached hydrogens (tertiary/aromatic N) is 4. The fraction of sp³-hybridized carbons (Fsp3) is 0.294. The summed E-state index contributed by atoms with van der Waals surface area (Å²) in [7, 11) is 1.40. The zero-order valence-corrected chi connectivity index (χ0v) is 15.2. The lowest BCUT2D eigenvalue weighted by atomic mass is 10.2. The number of nitrogens with one attached hydrogen (secondary N) is 1. The Hall–Kier alpha value is -2.68. The highest BCUT2D eigenvalue weighted by Crippen LogP contribution is 2.16. The predicted octanol–water partition coefficient (Wildman–Crippen LogP) is 1.29. The van der Waals surface area contributed by atoms with Crippen molar-refractivity contribution in [2.24, 2.45) is 7.05 Å². The quantitative estimate of drug-likeness (QED) is 0.702. The fourth-order valence-corrected chi connectivity index (χ4v) is 2.92. The van der Waals surface area contributed by atoms with E-state index in [1.54, 1.807) is 30.0 Å². The molecule has 0 unspecified atom stereocenters. The van der Waals surface area contributed by atoms with Gasteiger partial charge in [-0.2, -0.15) is 16.9 Å². The summed E-state index contributed by atoms with van der Waals surface area (Å²) in [4.78, 5) is 30.8. The third-order valence-corrected chi connectivity index (χ3v) is 4.54. The normalized spacial score (nSPS) is 11.0. The molecule has 0 atom stereocenters. The van der Waals surface area contributed by atoms with Crippen LogP contribution in [0.25, 0.3) is 5.69 Å². The molecule has 0 spiro atoms. The van der Waals surface area contributed by atoms with Crippen LogP contribution < -0.4 is 11.2 Å². The van der Waals surface area contributed by atoms with Crippen LogP contribution in [0.1, 0.15) is 17.2 Å². The maximum absolute atomic E-state index is 14.2. The van der Waals surface area contributed by atoms with Crippen LogP contribution in [0.5, 0.6) is 0 Å². The van der Waals surface area contributed by atoms with Crippen molar-refractivity contribution in [2.45, 2.75) is 12.8 Å². The van der Waals surface area contributed by atoms with Crippen molar-refractivity contribution in [3.05, 3.63) is 74.3 Å². The summed E-state index contributed by atoms with van der Waals surface area (Å²) in [6.45, 7) is 0. The summed E-state index contributed by atoms with van der Waals surface area (Å²) in [6, 6.07) is 6.27. The molecule has 9 heteroatoms. The second-order valence-corrected chi connectivity index (χ2v) is 6.70. The van der Waals surface area contributed by atoms with Gasteiger partial charge in [0, 0.05) is 37.4 Å². The van der Waals surface area contributed by atoms with Gasteiger partial charge < -0.3 is 4.98 Å². The molecule has 1 N–H and O–H groups in total. The fourth-order valence-electron chi connectivity index (χ4n) is 2.53. The number of hydrogen-bond acceptors (Lipinski definition) is 5. The van der Waals surface area contributed by atoms with Gasteiger partial charge in [-0.3, -0.25) is 9.36 Å². The predicted molar refractivity (Wildman–Crippen MR) is 98.5 cm³/mol. The molecule has 136 valence electrons. The first-order valence-electron chi connectivity index (χ1n) is 7.97. The Balaban J connectivity index is 2.07. The highest BCUT2D eigenvalue weighted by Gasteiger charge is 2.17. The molecule has 1 aromatic carbocycles. The zero-order chi connectivity index (χ0) is 18.7. The molecule has 0 bridgehead atoms. The molecule has 0 aliphatic carbocycles. The summed E-state index contributed by atoms with van der Waals surface area (Å²) < 4.78 is 16.7. The molecule has 0 fully saturated rings. The number of halogens is 1. The second-order valence-electron chi connectivity index (χ2n) is 5.71. The molecule has 2 aromatic heterocycles. The number of aromatic nitrogens is 5. The summed E-state index contributed by atoms with van der Waals surface area (Å²) in [5.41, 5.74) is -0.280. The van der Waals surface area contributed by atoms with Gasteiger partial charge >= 0.3 is 5.69 Å². The first-order valence-corrected chi connectivity index (χ1v) is 9.37. The van der Waals surface area contributed by atoms with Crippen LogP contribution in [-0.2, 0) is 19.9 Å². The topological polar surface area (TPSA) is 85.6 Å². The minimum absolute atomic E-state index is 0.129. The molecule has 3 rings (SSSR count). The maximum atomic E-state index is 14.2. The summed E-state index contributed by atoms with van der Waals surface area (Å²) in [5.74, 6) is 1.43. The van der Waals surface area contributed by atoms with E-state index >= 15 is 0 Å². The minimum Gasteiger partial charge on any atom is -0.314 e. The van der Waals surface area contributed by atoms with E-state index in [9.17, 15) is 14.0 Å². The standard InChI is InChI=1S/C17H18FN5O2S/c1-22-16(24)11(10-19-17(22)25)9-15-20-14(7-8-26-2)21-23(15)13-6-4-3-5-12(13)18/h3-6,10H,7-9H2,1-2H3,(H,19,25). The van der Waals surface area contributed by atoms with Crippen molar-refractivity contribution in [3.63, 3.8) is 0 Å². The highest BCUT2D eigenvalue weighted by molar-refractivity contribution is 7.98. The average molecular weight is 375 g/mol. The van der Waals surface area contributed by atoms with Gasteiger partial charge in [0.1, 0.15) is 17.3 Å². The van der Waals surface area contributed by atoms with Crippen molar-refractivity contribution >= 4 is 11.8 Å². The van der Waals surface area contributed by atoms with Gasteiger partial charge in [-0.05, 0) is 18.4 Å². The van der Waals surface area contributed by atoms with Crippen LogP contribution in [0.15, 0.2) is 40.1 Å². The Kier molecular flexibility index (Phi) is 5.36. The largest absolute Gasteiger partial charge is 0.328 e. The third-order valence-electron chi connectivity index (χ3n) is 3.93. The van der Waals surface area contributed by atoms with E-state index in [1.165, 1.54) is 24.0 Å². The summed E-state index contributed by atoms with van der Waals surface area (Å²) >= 11 is 1.66. The maximum Gasteiger partial charge on any atom is 0.328 e. The molecular weight excluding hydrogens is 357 g/mol. The van der Waals surface area contributed by atoms with Gasteiger partial charge in [0.25, 0.3) is 5.56 Å². The molecule has 2 heterocycles. The van der Waals surface area contributed by atoms with Crippen molar-refractivity contribution < 1.29 is 4.39 Å². The molecule has 0 aliphatic heterocycles. The van der Waals surface area contributed by atoms with Crippen LogP contribution >= 0.6 is 11.8 Å². The molecule has 7 nitrogen and oxygen atoms in total. The van der Waals surface area contributed by atoms with Crippen LogP contribution in [-0.4, -0.2) is 36.3 Å². The monoisotopic (exact) mass is 375 g/mol. The molecule has 0 amide bonds. The van der Waals surface area contributed by atoms with Gasteiger partial charge in [-0.1, -0.05) is 12.1 Å². The number of rotatable bonds is 6. The Bertz CT molecular complexity index is 1040. The minimum atomic E-state index is -0.491. The van der Waals surface area contributed by atoms with E-state index in [4.69, 9.17) is 0 Å². The van der Waals surface area contributed by atoms with Crippen LogP contribution in [0, 0.1) is 5.82 Å². The van der Waals surface area contributed by atoms with E-state index in [0.29, 0.717) is 23.6 Å². The number of H-pyrrole nitrogens is 1. The zero-order valence-electron chi connectivity index (χ0n) is 14.4. The van der Waals surface area contributed by atoms with Crippen LogP contribution in [0.3, 0.4) is 0 Å². The number of aryl methyl sites for hydroxylation is 1. The van der Waals surface area contributed by atoms with E-state index in [-0.39, 0.29) is 12.1 Å². The van der Waals surface area contributed by atoms with E-state index in [1.807, 2.05) is 6.26 Å². The SMILES string of the molecule is CSCCc1nc(Cc2c[nH]c(=O)n(C)c2=O)n(-c2ccccc2F)n1. The molecule has 0 saturated heterocycles. The van der Waals surface area contributed by atoms with Gasteiger partial charge in [0.2, 0.25) is 0 Å². The van der Waals surface area contributed by atoms with Gasteiger partial charge in [0.05, 0.1) is 0 Å². The molecule has 0 aliphatic rings. The number of hydrogen-bond donors (Lipinski definition) is 1. The Morgan fingerprint density at radius 3 is 2.77 bits per heavy atom. The number of para-hydroxylation sites is 1. The lowest BCUT2D eigenvalue weighted by molar-refractivity contribution is 0.605. The molecule has 0 saturated carbocycles. The van der Waals surface area contributed by atoms with Gasteiger partial charge in [0.15, 0.2) is 5.82 Å². The van der Waals surface area contributed by atoms with E-state index in [2.05, 4.69) is 15.1 Å². The first kappa shape index (κ1) is 18.1. The Labute approximate surface area is 152 Å². The van der Waals surface area contributed by atoms with Crippen LogP contribution in [0.2, 0.25) is 0 Å². The van der Waals surface area contributed by atoms with Gasteiger partial charge in [-0.25, -0.2) is 18.9 Å². The first-order chi connectivity index (χ1) is 12.5. The van der Waals surface area contributed by atoms with Crippen molar-refractivity contribution in [1.82, 2.24) is 24.3 Å². The number of thioether (sulfide) groups is 1. The molecule has 26 heavy (non-hydrogen) atoms. The third kappa shape index (κ3) is 3.62. The summed E-state index contributed by atoms with van der Waals surface area (Å²) in [6.07, 6.45) is 4.12. The van der Waals surface area contributed by atoms with Gasteiger partial charge in [-0.15, -0.1) is 0 Å². The molecular formula is C17H18FN5O2S. The van der Waals surface area contributed by atoms with Crippen LogP contribution in [0.4, 0.5) is 4.39 Å². The molecule has 3 aromatic rings. The van der Waals surface area contributed by atoms with Crippen molar-refractivity contribution in [1.29, 1.82) is 0 Å². The number of benzene rings is 1. The Morgan fingerprint density at radius 2 is 2.04 bits per heavy atom. The number of aromatic amines is 1. The summed E-state index contributed by atoms with van der Waals surface area (Å²) in [5, 5.41) is 4.42. The lowest BCUT2D eigenvalue weighted by Crippen LogP contribution is -2.34. The van der Waals surface area contributed by atoms with E-state index < -0.39 is 17.1 Å². The van der Waals surface area contributed by atoms with Crippen molar-refractivity contribution in [3.8, 4) is 5.69 Å². The smallest absolute Gasteiger partial charge is 0.314 e. The van der Waals surface area contributed by atoms with E-state index in [0.717, 1.165) is 10.3 Å².